The number of nitrogens with two attached hydrogens (primary N) is 1. The van der Waals surface area contributed by atoms with Crippen molar-refractivity contribution in [3.63, 3.8) is 0 Å². The van der Waals surface area contributed by atoms with Crippen LogP contribution in [0, 0.1) is 10.1 Å². The molecule has 1 heterocycles. The standard InChI is InChI=1S/C13H15N3O4/c1-3-13(4-2)7-5-6-8(14)10(16(19)20)9(7)11(17)15-12(13)18/h5-6H,3-4,14H2,1-2H3,(H,15,17,18). The number of hydrogen-bond acceptors (Lipinski definition) is 5. The first-order chi connectivity index (χ1) is 9.39. The van der Waals surface area contributed by atoms with Crippen LogP contribution in [0.4, 0.5) is 11.4 Å². The highest BCUT2D eigenvalue weighted by molar-refractivity contribution is 6.16. The summed E-state index contributed by atoms with van der Waals surface area (Å²) >= 11 is 0. The van der Waals surface area contributed by atoms with Gasteiger partial charge in [0.05, 0.1) is 10.3 Å². The average molecular weight is 277 g/mol. The van der Waals surface area contributed by atoms with E-state index in [9.17, 15) is 19.7 Å². The predicted molar refractivity (Wildman–Crippen MR) is 72.2 cm³/mol. The van der Waals surface area contributed by atoms with E-state index in [4.69, 9.17) is 5.73 Å². The van der Waals surface area contributed by atoms with E-state index in [2.05, 4.69) is 5.32 Å². The monoisotopic (exact) mass is 277 g/mol. The van der Waals surface area contributed by atoms with Crippen molar-refractivity contribution in [3.8, 4) is 0 Å². The fraction of sp³-hybridized carbons (Fsp3) is 0.385. The Morgan fingerprint density at radius 3 is 2.40 bits per heavy atom. The van der Waals surface area contributed by atoms with Gasteiger partial charge >= 0.3 is 5.69 Å². The maximum Gasteiger partial charge on any atom is 0.305 e. The number of nitrogen functional groups attached to an aromatic ring is 1. The number of nitro groups is 1. The Morgan fingerprint density at radius 2 is 1.90 bits per heavy atom. The number of carbonyl (C=O) groups is 2. The van der Waals surface area contributed by atoms with E-state index in [-0.39, 0.29) is 11.3 Å². The summed E-state index contributed by atoms with van der Waals surface area (Å²) in [5.41, 5.74) is 4.45. The van der Waals surface area contributed by atoms with Crippen molar-refractivity contribution < 1.29 is 14.5 Å². The highest BCUT2D eigenvalue weighted by atomic mass is 16.6. The number of benzene rings is 1. The molecule has 0 radical (unpaired) electrons. The highest BCUT2D eigenvalue weighted by Gasteiger charge is 2.47. The van der Waals surface area contributed by atoms with E-state index in [1.54, 1.807) is 6.07 Å². The second-order valence-electron chi connectivity index (χ2n) is 4.76. The van der Waals surface area contributed by atoms with Crippen LogP contribution in [0.1, 0.15) is 42.6 Å². The van der Waals surface area contributed by atoms with Crippen molar-refractivity contribution in [3.05, 3.63) is 33.4 Å². The van der Waals surface area contributed by atoms with E-state index >= 15 is 0 Å². The molecule has 7 nitrogen and oxygen atoms in total. The Kier molecular flexibility index (Phi) is 3.21. The molecule has 0 unspecified atom stereocenters. The van der Waals surface area contributed by atoms with Crippen molar-refractivity contribution in [2.75, 3.05) is 5.73 Å². The van der Waals surface area contributed by atoms with Gasteiger partial charge in [0.25, 0.3) is 5.91 Å². The van der Waals surface area contributed by atoms with Gasteiger partial charge in [-0.3, -0.25) is 25.0 Å². The summed E-state index contributed by atoms with van der Waals surface area (Å²) in [6.45, 7) is 3.62. The van der Waals surface area contributed by atoms with Gasteiger partial charge in [0.2, 0.25) is 5.91 Å². The summed E-state index contributed by atoms with van der Waals surface area (Å²) in [6.07, 6.45) is 0.882. The molecule has 106 valence electrons. The quantitative estimate of drug-likeness (QED) is 0.376. The first-order valence-electron chi connectivity index (χ1n) is 6.32. The molecule has 0 fully saturated rings. The summed E-state index contributed by atoms with van der Waals surface area (Å²) in [5.74, 6) is -1.18. The molecule has 0 bridgehead atoms. The van der Waals surface area contributed by atoms with Crippen LogP contribution >= 0.6 is 0 Å². The number of nitrogens with zero attached hydrogens (tertiary/aromatic N) is 1. The fourth-order valence-corrected chi connectivity index (χ4v) is 2.79. The molecule has 2 amide bonds. The Hall–Kier alpha value is -2.44. The van der Waals surface area contributed by atoms with E-state index in [0.717, 1.165) is 0 Å². The fourth-order valence-electron chi connectivity index (χ4n) is 2.79. The number of carbonyl (C=O) groups excluding carboxylic acids is 2. The molecular formula is C13H15N3O4. The molecule has 1 aliphatic heterocycles. The van der Waals surface area contributed by atoms with Gasteiger partial charge < -0.3 is 5.73 Å². The van der Waals surface area contributed by atoms with Crippen molar-refractivity contribution in [1.82, 2.24) is 5.32 Å². The first-order valence-corrected chi connectivity index (χ1v) is 6.32. The van der Waals surface area contributed by atoms with Crippen LogP contribution in [0.25, 0.3) is 0 Å². The number of rotatable bonds is 3. The summed E-state index contributed by atoms with van der Waals surface area (Å²) in [7, 11) is 0. The number of nitro benzene ring substituents is 1. The SMILES string of the molecule is CCC1(CC)C(=O)NC(=O)c2c1ccc(N)c2[N+](=O)[O-]. The average Bonchev–Trinajstić information content (AvgIpc) is 2.40. The molecule has 1 aliphatic rings. The van der Waals surface area contributed by atoms with Crippen LogP contribution < -0.4 is 11.1 Å². The minimum atomic E-state index is -0.929. The van der Waals surface area contributed by atoms with E-state index in [1.807, 2.05) is 13.8 Å². The first kappa shape index (κ1) is 14.0. The van der Waals surface area contributed by atoms with Crippen LogP contribution in [0.15, 0.2) is 12.1 Å². The predicted octanol–water partition coefficient (Wildman–Crippen LogP) is 1.50. The van der Waals surface area contributed by atoms with Crippen LogP contribution in [0.2, 0.25) is 0 Å². The van der Waals surface area contributed by atoms with Gasteiger partial charge in [0.1, 0.15) is 11.3 Å². The van der Waals surface area contributed by atoms with Crippen molar-refractivity contribution in [2.45, 2.75) is 32.1 Å². The van der Waals surface area contributed by atoms with Crippen molar-refractivity contribution in [2.24, 2.45) is 0 Å². The summed E-state index contributed by atoms with van der Waals surface area (Å²) in [4.78, 5) is 34.7. The van der Waals surface area contributed by atoms with Gasteiger partial charge in [-0.25, -0.2) is 0 Å². The minimum Gasteiger partial charge on any atom is -0.393 e. The number of amides is 2. The molecular weight excluding hydrogens is 262 g/mol. The number of hydrogen-bond donors (Lipinski definition) is 2. The van der Waals surface area contributed by atoms with Gasteiger partial charge in [-0.2, -0.15) is 0 Å². The van der Waals surface area contributed by atoms with Gasteiger partial charge in [-0.1, -0.05) is 19.9 Å². The second-order valence-corrected chi connectivity index (χ2v) is 4.76. The number of nitrogens with one attached hydrogen (secondary N) is 1. The molecule has 1 aromatic carbocycles. The summed E-state index contributed by atoms with van der Waals surface area (Å²) in [5, 5.41) is 13.4. The second kappa shape index (κ2) is 4.59. The molecule has 0 saturated heterocycles. The Morgan fingerprint density at radius 1 is 1.30 bits per heavy atom. The third kappa shape index (κ3) is 1.66. The van der Waals surface area contributed by atoms with E-state index in [0.29, 0.717) is 18.4 Å². The Balaban J connectivity index is 2.86. The molecule has 0 atom stereocenters. The third-order valence-corrected chi connectivity index (χ3v) is 4.00. The Bertz CT molecular complexity index is 620. The largest absolute Gasteiger partial charge is 0.393 e. The molecule has 3 N–H and O–H groups in total. The van der Waals surface area contributed by atoms with Gasteiger partial charge in [0, 0.05) is 0 Å². The molecule has 0 aromatic heterocycles. The van der Waals surface area contributed by atoms with Crippen LogP contribution in [0.5, 0.6) is 0 Å². The highest BCUT2D eigenvalue weighted by Crippen LogP contribution is 2.42. The Labute approximate surface area is 115 Å². The topological polar surface area (TPSA) is 115 Å². The molecule has 0 spiro atoms. The maximum absolute atomic E-state index is 12.2. The molecule has 7 heteroatoms. The lowest BCUT2D eigenvalue weighted by atomic mass is 9.70. The zero-order chi connectivity index (χ0) is 15.1. The van der Waals surface area contributed by atoms with E-state index in [1.165, 1.54) is 6.07 Å². The van der Waals surface area contributed by atoms with Crippen LogP contribution in [-0.4, -0.2) is 16.7 Å². The zero-order valence-corrected chi connectivity index (χ0v) is 11.2. The van der Waals surface area contributed by atoms with Gasteiger partial charge in [-0.05, 0) is 24.5 Å². The lowest BCUT2D eigenvalue weighted by Crippen LogP contribution is -2.51. The maximum atomic E-state index is 12.2. The number of anilines is 1. The third-order valence-electron chi connectivity index (χ3n) is 4.00. The number of fused-ring (bicyclic) bond motifs is 1. The molecule has 0 aliphatic carbocycles. The van der Waals surface area contributed by atoms with Gasteiger partial charge in [0.15, 0.2) is 0 Å². The van der Waals surface area contributed by atoms with Gasteiger partial charge in [-0.15, -0.1) is 0 Å². The molecule has 0 saturated carbocycles. The van der Waals surface area contributed by atoms with Crippen LogP contribution in [-0.2, 0) is 10.2 Å². The summed E-state index contributed by atoms with van der Waals surface area (Å²) in [6, 6.07) is 2.92. The van der Waals surface area contributed by atoms with Crippen molar-refractivity contribution in [1.29, 1.82) is 0 Å². The molecule has 20 heavy (non-hydrogen) atoms. The normalized spacial score (nSPS) is 16.5. The lowest BCUT2D eigenvalue weighted by Gasteiger charge is -2.35. The molecule has 1 aromatic rings. The van der Waals surface area contributed by atoms with E-state index < -0.39 is 27.8 Å². The molecule has 2 rings (SSSR count). The lowest BCUT2D eigenvalue weighted by molar-refractivity contribution is -0.384. The zero-order valence-electron chi connectivity index (χ0n) is 11.2. The number of imide groups is 1. The summed E-state index contributed by atoms with van der Waals surface area (Å²) < 4.78 is 0. The minimum absolute atomic E-state index is 0.0839. The smallest absolute Gasteiger partial charge is 0.305 e. The van der Waals surface area contributed by atoms with Crippen LogP contribution in [0.3, 0.4) is 0 Å². The van der Waals surface area contributed by atoms with Crippen molar-refractivity contribution >= 4 is 23.2 Å².